The van der Waals surface area contributed by atoms with Gasteiger partial charge in [-0.1, -0.05) is 6.92 Å². The van der Waals surface area contributed by atoms with Crippen molar-refractivity contribution >= 4 is 29.5 Å². The summed E-state index contributed by atoms with van der Waals surface area (Å²) < 4.78 is 171. The fourth-order valence-corrected chi connectivity index (χ4v) is 9.41. The number of halogens is 11. The van der Waals surface area contributed by atoms with Gasteiger partial charge in [-0.05, 0) is 40.5 Å². The van der Waals surface area contributed by atoms with Crippen LogP contribution in [0.3, 0.4) is 0 Å². The molecule has 1 aliphatic carbocycles. The van der Waals surface area contributed by atoms with Crippen molar-refractivity contribution in [1.82, 2.24) is 4.90 Å². The molecule has 0 N–H and O–H groups in total. The van der Waals surface area contributed by atoms with Gasteiger partial charge in [0.2, 0.25) is 23.2 Å². The van der Waals surface area contributed by atoms with Crippen molar-refractivity contribution in [2.24, 2.45) is 29.1 Å². The minimum Gasteiger partial charge on any atom is -0.459 e. The second-order valence-corrected chi connectivity index (χ2v) is 13.5. The van der Waals surface area contributed by atoms with Crippen LogP contribution in [0.1, 0.15) is 41.5 Å². The van der Waals surface area contributed by atoms with Crippen molar-refractivity contribution in [3.63, 3.8) is 0 Å². The molecule has 1 saturated carbocycles. The van der Waals surface area contributed by atoms with Gasteiger partial charge in [-0.2, -0.15) is 39.5 Å². The van der Waals surface area contributed by atoms with Gasteiger partial charge in [0, 0.05) is 18.4 Å². The van der Waals surface area contributed by atoms with E-state index in [1.165, 1.54) is 6.92 Å². The Labute approximate surface area is 230 Å². The fraction of sp³-hybridized carbons (Fsp3) is 0.875. The van der Waals surface area contributed by atoms with Crippen LogP contribution in [0.5, 0.6) is 0 Å². The Hall–Kier alpha value is -1.81. The number of hydrogen-bond donors (Lipinski definition) is 0. The number of likely N-dealkylation sites (tertiary alicyclic amines) is 1. The lowest BCUT2D eigenvalue weighted by molar-refractivity contribution is -0.293. The molecule has 5 nitrogen and oxygen atoms in total. The van der Waals surface area contributed by atoms with Gasteiger partial charge >= 0.3 is 29.9 Å². The number of amides is 2. The molecule has 17 heteroatoms. The number of thioether (sulfide) groups is 1. The van der Waals surface area contributed by atoms with Crippen molar-refractivity contribution in [3.05, 3.63) is 0 Å². The largest absolute Gasteiger partial charge is 0.459 e. The van der Waals surface area contributed by atoms with Gasteiger partial charge in [-0.25, -0.2) is 8.78 Å². The van der Waals surface area contributed by atoms with Crippen LogP contribution in [0.15, 0.2) is 0 Å². The Bertz CT molecular complexity index is 1190. The van der Waals surface area contributed by atoms with Gasteiger partial charge < -0.3 is 4.74 Å². The van der Waals surface area contributed by atoms with Gasteiger partial charge in [-0.3, -0.25) is 19.3 Å². The molecular formula is C24H26F11NO4S. The molecule has 3 heterocycles. The van der Waals surface area contributed by atoms with E-state index in [9.17, 15) is 36.3 Å². The molecule has 9 unspecified atom stereocenters. The summed E-state index contributed by atoms with van der Waals surface area (Å²) in [5, 5.41) is -6.47. The van der Waals surface area contributed by atoms with E-state index in [0.29, 0.717) is 4.90 Å². The van der Waals surface area contributed by atoms with Crippen molar-refractivity contribution < 1.29 is 67.4 Å². The van der Waals surface area contributed by atoms with E-state index in [1.807, 2.05) is 0 Å². The highest BCUT2D eigenvalue weighted by atomic mass is 32.2. The molecule has 0 aromatic heterocycles. The van der Waals surface area contributed by atoms with E-state index < -0.39 is 110 Å². The van der Waals surface area contributed by atoms with Crippen LogP contribution in [-0.2, 0) is 19.1 Å². The van der Waals surface area contributed by atoms with E-state index in [1.54, 1.807) is 0 Å². The van der Waals surface area contributed by atoms with Crippen LogP contribution in [0.2, 0.25) is 0 Å². The van der Waals surface area contributed by atoms with Crippen molar-refractivity contribution in [2.75, 3.05) is 6.54 Å². The average molecular weight is 634 g/mol. The zero-order valence-electron chi connectivity index (χ0n) is 22.3. The molecular weight excluding hydrogens is 607 g/mol. The standard InChI is InChI=1S/C24H26F11NO4S/c1-7-36-14(37)8(2)9(15(36)38)10-11(18(6,24(33,34)35)16(39)40-17(3,4)5)13-20(26)19(25,12(10)41-13)21(27,28)23(31,32)22(20,29)30/h8-13H,7H2,1-6H3. The summed E-state index contributed by atoms with van der Waals surface area (Å²) in [6.45, 7) is 5.26. The zero-order valence-corrected chi connectivity index (χ0v) is 23.1. The summed E-state index contributed by atoms with van der Waals surface area (Å²) in [4.78, 5) is 39.6. The third-order valence-corrected chi connectivity index (χ3v) is 10.8. The Morgan fingerprint density at radius 1 is 0.854 bits per heavy atom. The first kappa shape index (κ1) is 32.1. The maximum atomic E-state index is 16.4. The normalized spacial score (nSPS) is 42.4. The number of nitrogens with zero attached hydrogens (tertiary/aromatic N) is 1. The third-order valence-electron chi connectivity index (χ3n) is 8.95. The van der Waals surface area contributed by atoms with Crippen LogP contribution in [0, 0.1) is 29.1 Å². The van der Waals surface area contributed by atoms with Gasteiger partial charge in [-0.15, -0.1) is 11.8 Å². The summed E-state index contributed by atoms with van der Waals surface area (Å²) in [5.41, 5.74) is -16.9. The quantitative estimate of drug-likeness (QED) is 0.229. The van der Waals surface area contributed by atoms with E-state index in [4.69, 9.17) is 4.74 Å². The number of ether oxygens (including phenoxy) is 1. The minimum atomic E-state index is -6.71. The summed E-state index contributed by atoms with van der Waals surface area (Å²) in [7, 11) is 0. The van der Waals surface area contributed by atoms with Crippen LogP contribution in [0.25, 0.3) is 0 Å². The zero-order chi connectivity index (χ0) is 31.9. The van der Waals surface area contributed by atoms with Gasteiger partial charge in [0.1, 0.15) is 5.60 Å². The molecule has 4 rings (SSSR count). The topological polar surface area (TPSA) is 63.7 Å². The monoisotopic (exact) mass is 633 g/mol. The maximum absolute atomic E-state index is 16.4. The summed E-state index contributed by atoms with van der Waals surface area (Å²) in [6.07, 6.45) is -5.85. The highest BCUT2D eigenvalue weighted by Crippen LogP contribution is 2.83. The molecule has 3 aliphatic heterocycles. The Morgan fingerprint density at radius 2 is 1.32 bits per heavy atom. The van der Waals surface area contributed by atoms with Crippen molar-refractivity contribution in [3.8, 4) is 0 Å². The number of alkyl halides is 11. The lowest BCUT2D eigenvalue weighted by Gasteiger charge is -2.51. The first-order valence-electron chi connectivity index (χ1n) is 12.5. The summed E-state index contributed by atoms with van der Waals surface area (Å²) >= 11 is -0.511. The number of rotatable bonds is 4. The molecule has 4 fully saturated rings. The second kappa shape index (κ2) is 8.42. The molecule has 0 spiro atoms. The lowest BCUT2D eigenvalue weighted by Crippen LogP contribution is -2.72. The molecule has 3 saturated heterocycles. The van der Waals surface area contributed by atoms with E-state index >= 15 is 26.3 Å². The van der Waals surface area contributed by atoms with Gasteiger partial charge in [0.15, 0.2) is 5.41 Å². The molecule has 234 valence electrons. The summed E-state index contributed by atoms with van der Waals surface area (Å²) in [6, 6.07) is 0. The van der Waals surface area contributed by atoms with Crippen LogP contribution in [-0.4, -0.2) is 80.6 Å². The van der Waals surface area contributed by atoms with Gasteiger partial charge in [0.05, 0.1) is 16.4 Å². The van der Waals surface area contributed by atoms with Gasteiger partial charge in [0.25, 0.3) is 0 Å². The Balaban J connectivity index is 2.07. The van der Waals surface area contributed by atoms with Crippen LogP contribution >= 0.6 is 11.8 Å². The van der Waals surface area contributed by atoms with Crippen LogP contribution < -0.4 is 0 Å². The minimum absolute atomic E-state index is 0.0795. The van der Waals surface area contributed by atoms with E-state index in [2.05, 4.69) is 0 Å². The molecule has 0 aromatic rings. The second-order valence-electron chi connectivity index (χ2n) is 12.2. The number of imide groups is 1. The van der Waals surface area contributed by atoms with Crippen LogP contribution in [0.4, 0.5) is 48.3 Å². The highest BCUT2D eigenvalue weighted by Gasteiger charge is 3.06. The van der Waals surface area contributed by atoms with Crippen molar-refractivity contribution in [1.29, 1.82) is 0 Å². The number of esters is 1. The number of carbonyl (C=O) groups is 3. The van der Waals surface area contributed by atoms with E-state index in [0.717, 1.165) is 27.7 Å². The van der Waals surface area contributed by atoms with E-state index in [-0.39, 0.29) is 13.5 Å². The molecule has 9 atom stereocenters. The third kappa shape index (κ3) is 3.30. The summed E-state index contributed by atoms with van der Waals surface area (Å²) in [5.74, 6) is -33.8. The first-order chi connectivity index (χ1) is 18.2. The number of fused-ring (bicyclic) bond motifs is 5. The predicted octanol–water partition coefficient (Wildman–Crippen LogP) is 5.60. The predicted molar refractivity (Wildman–Crippen MR) is 120 cm³/mol. The SMILES string of the molecule is CCN1C(=O)C(C)C(C2C(C(C)(C(=O)OC(C)(C)C)C(F)(F)F)C3SC2C2(F)C(F)(F)C(F)(F)C(F)(F)C32F)C1=O. The smallest absolute Gasteiger partial charge is 0.404 e. The molecule has 0 radical (unpaired) electrons. The Kier molecular flexibility index (Phi) is 6.60. The maximum Gasteiger partial charge on any atom is 0.404 e. The Morgan fingerprint density at radius 3 is 1.71 bits per heavy atom. The number of hydrogen-bond acceptors (Lipinski definition) is 5. The molecule has 2 amide bonds. The van der Waals surface area contributed by atoms with Crippen molar-refractivity contribution in [2.45, 2.75) is 92.9 Å². The first-order valence-corrected chi connectivity index (χ1v) is 13.4. The molecule has 41 heavy (non-hydrogen) atoms. The molecule has 0 aromatic carbocycles. The average Bonchev–Trinajstić information content (AvgIpc) is 3.39. The lowest BCUT2D eigenvalue weighted by atomic mass is 9.53. The molecule has 4 aliphatic rings. The number of carbonyl (C=O) groups excluding carboxylic acids is 3. The molecule has 2 bridgehead atoms. The highest BCUT2D eigenvalue weighted by molar-refractivity contribution is 8.01. The fourth-order valence-electron chi connectivity index (χ4n) is 6.94.